The Hall–Kier alpha value is -2.80. The van der Waals surface area contributed by atoms with Gasteiger partial charge in [-0.25, -0.2) is 0 Å². The maximum absolute atomic E-state index is 12.1. The number of aromatic nitrogens is 3. The van der Waals surface area contributed by atoms with Crippen molar-refractivity contribution in [1.29, 1.82) is 0 Å². The molecule has 3 aromatic rings. The summed E-state index contributed by atoms with van der Waals surface area (Å²) in [6.07, 6.45) is 0. The second-order valence-corrected chi connectivity index (χ2v) is 7.61. The average Bonchev–Trinajstić information content (AvgIpc) is 3.15. The molecule has 0 bridgehead atoms. The molecule has 7 heteroatoms. The molecule has 1 amide bonds. The van der Waals surface area contributed by atoms with Crippen LogP contribution in [-0.4, -0.2) is 40.1 Å². The molecule has 0 aliphatic heterocycles. The van der Waals surface area contributed by atoms with Crippen LogP contribution < -0.4 is 10.1 Å². The lowest BCUT2D eigenvalue weighted by Gasteiger charge is -2.12. The van der Waals surface area contributed by atoms with Crippen LogP contribution in [0.2, 0.25) is 0 Å². The zero-order valence-corrected chi connectivity index (χ0v) is 17.1. The van der Waals surface area contributed by atoms with E-state index in [1.807, 2.05) is 59.2 Å². The first-order valence-electron chi connectivity index (χ1n) is 9.14. The molecule has 0 saturated carbocycles. The maximum Gasteiger partial charge on any atom is 0.230 e. The smallest absolute Gasteiger partial charge is 0.230 e. The van der Waals surface area contributed by atoms with Gasteiger partial charge in [-0.1, -0.05) is 55.9 Å². The van der Waals surface area contributed by atoms with Gasteiger partial charge in [-0.2, -0.15) is 0 Å². The third-order valence-corrected chi connectivity index (χ3v) is 4.96. The van der Waals surface area contributed by atoms with Crippen molar-refractivity contribution in [2.75, 3.05) is 19.4 Å². The largest absolute Gasteiger partial charge is 0.496 e. The minimum absolute atomic E-state index is 0.0137. The van der Waals surface area contributed by atoms with Gasteiger partial charge >= 0.3 is 0 Å². The summed E-state index contributed by atoms with van der Waals surface area (Å²) < 4.78 is 7.46. The topological polar surface area (TPSA) is 69.0 Å². The molecule has 0 unspecified atom stereocenters. The third-order valence-electron chi connectivity index (χ3n) is 4.04. The van der Waals surface area contributed by atoms with Gasteiger partial charge in [-0.3, -0.25) is 9.36 Å². The predicted molar refractivity (Wildman–Crippen MR) is 112 cm³/mol. The summed E-state index contributed by atoms with van der Waals surface area (Å²) in [4.78, 5) is 12.1. The molecule has 2 aromatic carbocycles. The fraction of sp³-hybridized carbons (Fsp3) is 0.286. The molecule has 0 aliphatic rings. The van der Waals surface area contributed by atoms with E-state index in [9.17, 15) is 4.79 Å². The van der Waals surface area contributed by atoms with E-state index in [2.05, 4.69) is 29.4 Å². The minimum Gasteiger partial charge on any atom is -0.496 e. The van der Waals surface area contributed by atoms with Crippen molar-refractivity contribution < 1.29 is 9.53 Å². The molecule has 146 valence electrons. The molecule has 6 nitrogen and oxygen atoms in total. The quantitative estimate of drug-likeness (QED) is 0.587. The number of rotatable bonds is 8. The molecule has 3 rings (SSSR count). The summed E-state index contributed by atoms with van der Waals surface area (Å²) in [5.74, 6) is 2.08. The van der Waals surface area contributed by atoms with Crippen molar-refractivity contribution in [3.05, 3.63) is 54.6 Å². The van der Waals surface area contributed by atoms with E-state index in [-0.39, 0.29) is 11.7 Å². The summed E-state index contributed by atoms with van der Waals surface area (Å²) in [5, 5.41) is 12.3. The Balaban J connectivity index is 1.93. The van der Waals surface area contributed by atoms with E-state index < -0.39 is 0 Å². The lowest BCUT2D eigenvalue weighted by Crippen LogP contribution is -2.28. The third kappa shape index (κ3) is 4.72. The molecular formula is C21H24N4O2S. The lowest BCUT2D eigenvalue weighted by atomic mass is 10.2. The second-order valence-electron chi connectivity index (χ2n) is 6.66. The minimum atomic E-state index is -0.0137. The summed E-state index contributed by atoms with van der Waals surface area (Å²) in [6.45, 7) is 4.80. The van der Waals surface area contributed by atoms with Gasteiger partial charge in [0, 0.05) is 12.2 Å². The van der Waals surface area contributed by atoms with E-state index in [0.717, 1.165) is 17.0 Å². The molecular weight excluding hydrogens is 372 g/mol. The highest BCUT2D eigenvalue weighted by atomic mass is 32.2. The summed E-state index contributed by atoms with van der Waals surface area (Å²) in [7, 11) is 1.64. The van der Waals surface area contributed by atoms with Crippen molar-refractivity contribution >= 4 is 17.7 Å². The van der Waals surface area contributed by atoms with Crippen molar-refractivity contribution in [2.24, 2.45) is 5.92 Å². The molecule has 0 aliphatic carbocycles. The monoisotopic (exact) mass is 396 g/mol. The Morgan fingerprint density at radius 2 is 1.82 bits per heavy atom. The summed E-state index contributed by atoms with van der Waals surface area (Å²) in [6, 6.07) is 17.6. The number of benzene rings is 2. The molecule has 0 saturated heterocycles. The Bertz CT molecular complexity index is 925. The van der Waals surface area contributed by atoms with Crippen LogP contribution in [0.5, 0.6) is 5.75 Å². The lowest BCUT2D eigenvalue weighted by molar-refractivity contribution is -0.118. The molecule has 0 radical (unpaired) electrons. The highest BCUT2D eigenvalue weighted by Gasteiger charge is 2.19. The Morgan fingerprint density at radius 3 is 2.54 bits per heavy atom. The van der Waals surface area contributed by atoms with Crippen molar-refractivity contribution in [1.82, 2.24) is 20.1 Å². The number of carbonyl (C=O) groups is 1. The highest BCUT2D eigenvalue weighted by Crippen LogP contribution is 2.33. The number of nitrogens with zero attached hydrogens (tertiary/aromatic N) is 3. The molecule has 0 spiro atoms. The fourth-order valence-electron chi connectivity index (χ4n) is 2.68. The molecule has 28 heavy (non-hydrogen) atoms. The van der Waals surface area contributed by atoms with E-state index >= 15 is 0 Å². The van der Waals surface area contributed by atoms with Crippen LogP contribution >= 0.6 is 11.8 Å². The van der Waals surface area contributed by atoms with E-state index in [0.29, 0.717) is 23.4 Å². The van der Waals surface area contributed by atoms with Gasteiger partial charge in [-0.05, 0) is 30.2 Å². The molecule has 0 atom stereocenters. The normalized spacial score (nSPS) is 10.9. The van der Waals surface area contributed by atoms with Gasteiger partial charge in [0.2, 0.25) is 5.91 Å². The van der Waals surface area contributed by atoms with Crippen LogP contribution in [-0.2, 0) is 4.79 Å². The first-order valence-corrected chi connectivity index (χ1v) is 10.1. The Kier molecular flexibility index (Phi) is 6.71. The number of hydrogen-bond donors (Lipinski definition) is 1. The van der Waals surface area contributed by atoms with Crippen molar-refractivity contribution in [3.63, 3.8) is 0 Å². The first kappa shape index (κ1) is 19.9. The number of para-hydroxylation sites is 2. The van der Waals surface area contributed by atoms with Crippen LogP contribution in [0.1, 0.15) is 13.8 Å². The van der Waals surface area contributed by atoms with Crippen LogP contribution in [0.25, 0.3) is 17.1 Å². The van der Waals surface area contributed by atoms with E-state index in [1.165, 1.54) is 11.8 Å². The number of nitrogens with one attached hydrogen (secondary N) is 1. The van der Waals surface area contributed by atoms with Crippen molar-refractivity contribution in [2.45, 2.75) is 19.0 Å². The number of amides is 1. The molecule has 1 aromatic heterocycles. The summed E-state index contributed by atoms with van der Waals surface area (Å²) in [5.41, 5.74) is 1.77. The average molecular weight is 397 g/mol. The molecule has 0 fully saturated rings. The van der Waals surface area contributed by atoms with Gasteiger partial charge in [0.05, 0.1) is 18.4 Å². The van der Waals surface area contributed by atoms with Crippen LogP contribution in [0, 0.1) is 5.92 Å². The number of ether oxygens (including phenoxy) is 1. The number of methoxy groups -OCH3 is 1. The van der Waals surface area contributed by atoms with Crippen LogP contribution in [0.3, 0.4) is 0 Å². The number of hydrogen-bond acceptors (Lipinski definition) is 5. The Morgan fingerprint density at radius 1 is 1.11 bits per heavy atom. The van der Waals surface area contributed by atoms with Gasteiger partial charge in [0.15, 0.2) is 11.0 Å². The number of thioether (sulfide) groups is 1. The van der Waals surface area contributed by atoms with Gasteiger partial charge < -0.3 is 10.1 Å². The SMILES string of the molecule is COc1ccccc1-c1nnc(SCC(=O)NCC(C)C)n1-c1ccccc1. The van der Waals surface area contributed by atoms with E-state index in [4.69, 9.17) is 4.74 Å². The summed E-state index contributed by atoms with van der Waals surface area (Å²) >= 11 is 1.37. The molecule has 1 heterocycles. The standard InChI is InChI=1S/C21H24N4O2S/c1-15(2)13-22-19(26)14-28-21-24-23-20(17-11-7-8-12-18(17)27-3)25(21)16-9-5-4-6-10-16/h4-12,15H,13-14H2,1-3H3,(H,22,26). The van der Waals surface area contributed by atoms with Crippen molar-refractivity contribution in [3.8, 4) is 22.8 Å². The van der Waals surface area contributed by atoms with Gasteiger partial charge in [-0.15, -0.1) is 10.2 Å². The van der Waals surface area contributed by atoms with Crippen LogP contribution in [0.15, 0.2) is 59.8 Å². The van der Waals surface area contributed by atoms with E-state index in [1.54, 1.807) is 7.11 Å². The zero-order valence-electron chi connectivity index (χ0n) is 16.3. The first-order chi connectivity index (χ1) is 13.6. The highest BCUT2D eigenvalue weighted by molar-refractivity contribution is 7.99. The maximum atomic E-state index is 12.1. The number of carbonyl (C=O) groups excluding carboxylic acids is 1. The molecule has 1 N–H and O–H groups in total. The van der Waals surface area contributed by atoms with Gasteiger partial charge in [0.1, 0.15) is 5.75 Å². The zero-order chi connectivity index (χ0) is 19.9. The Labute approximate surface area is 169 Å². The van der Waals surface area contributed by atoms with Crippen LogP contribution in [0.4, 0.5) is 0 Å². The predicted octanol–water partition coefficient (Wildman–Crippen LogP) is 3.81. The second kappa shape index (κ2) is 9.41. The fourth-order valence-corrected chi connectivity index (χ4v) is 3.46. The van der Waals surface area contributed by atoms with Gasteiger partial charge in [0.25, 0.3) is 0 Å².